The van der Waals surface area contributed by atoms with Gasteiger partial charge in [-0.25, -0.2) is 0 Å². The minimum atomic E-state index is -0.169. The molecule has 0 fully saturated rings. The zero-order valence-electron chi connectivity index (χ0n) is 10.5. The van der Waals surface area contributed by atoms with E-state index in [-0.39, 0.29) is 5.97 Å². The smallest absolute Gasteiger partial charge is 0.306 e. The fourth-order valence-electron chi connectivity index (χ4n) is 1.57. The van der Waals surface area contributed by atoms with Crippen LogP contribution >= 0.6 is 11.6 Å². The van der Waals surface area contributed by atoms with E-state index in [0.717, 1.165) is 6.42 Å². The van der Waals surface area contributed by atoms with Crippen molar-refractivity contribution in [3.63, 3.8) is 0 Å². The highest BCUT2D eigenvalue weighted by Gasteiger charge is 2.00. The van der Waals surface area contributed by atoms with E-state index in [2.05, 4.69) is 6.92 Å². The van der Waals surface area contributed by atoms with Crippen LogP contribution in [0.15, 0.2) is 0 Å². The molecular weight excluding hydrogens is 224 g/mol. The van der Waals surface area contributed by atoms with Gasteiger partial charge in [-0.3, -0.25) is 4.79 Å². The van der Waals surface area contributed by atoms with Crippen LogP contribution in [0.4, 0.5) is 0 Å². The van der Waals surface area contributed by atoms with E-state index in [1.165, 1.54) is 44.9 Å². The SMILES string of the molecule is CCCCCCCCCCOC(=O)CCCl. The molecule has 0 saturated carbocycles. The van der Waals surface area contributed by atoms with Gasteiger partial charge in [0.2, 0.25) is 0 Å². The van der Waals surface area contributed by atoms with E-state index in [1.54, 1.807) is 0 Å². The molecule has 0 unspecified atom stereocenters. The molecule has 96 valence electrons. The maximum absolute atomic E-state index is 10.9. The molecule has 0 amide bonds. The summed E-state index contributed by atoms with van der Waals surface area (Å²) < 4.78 is 5.00. The number of carbonyl (C=O) groups excluding carboxylic acids is 1. The number of esters is 1. The fourth-order valence-corrected chi connectivity index (χ4v) is 1.73. The van der Waals surface area contributed by atoms with Gasteiger partial charge in [-0.05, 0) is 6.42 Å². The summed E-state index contributed by atoms with van der Waals surface area (Å²) in [6, 6.07) is 0. The van der Waals surface area contributed by atoms with Gasteiger partial charge in [0.15, 0.2) is 0 Å². The molecule has 0 aliphatic carbocycles. The summed E-state index contributed by atoms with van der Waals surface area (Å²) in [5.41, 5.74) is 0. The van der Waals surface area contributed by atoms with Crippen LogP contribution in [0.1, 0.15) is 64.7 Å². The molecule has 0 aliphatic rings. The van der Waals surface area contributed by atoms with Gasteiger partial charge in [-0.15, -0.1) is 11.6 Å². The lowest BCUT2D eigenvalue weighted by atomic mass is 10.1. The molecule has 0 atom stereocenters. The first kappa shape index (κ1) is 15.8. The van der Waals surface area contributed by atoms with Crippen molar-refractivity contribution in [2.24, 2.45) is 0 Å². The second-order valence-electron chi connectivity index (χ2n) is 4.13. The number of alkyl halides is 1. The summed E-state index contributed by atoms with van der Waals surface area (Å²) in [5, 5.41) is 0. The third kappa shape index (κ3) is 11.8. The molecule has 0 radical (unpaired) electrons. The van der Waals surface area contributed by atoms with Crippen molar-refractivity contribution in [1.82, 2.24) is 0 Å². The van der Waals surface area contributed by atoms with Gasteiger partial charge >= 0.3 is 5.97 Å². The van der Waals surface area contributed by atoms with Crippen molar-refractivity contribution >= 4 is 17.6 Å². The molecule has 0 spiro atoms. The van der Waals surface area contributed by atoms with E-state index in [0.29, 0.717) is 18.9 Å². The largest absolute Gasteiger partial charge is 0.466 e. The number of halogens is 1. The van der Waals surface area contributed by atoms with E-state index in [9.17, 15) is 4.79 Å². The van der Waals surface area contributed by atoms with Gasteiger partial charge in [0, 0.05) is 5.88 Å². The second kappa shape index (κ2) is 12.8. The standard InChI is InChI=1S/C13H25ClO2/c1-2-3-4-5-6-7-8-9-12-16-13(15)10-11-14/h2-12H2,1H3. The highest BCUT2D eigenvalue weighted by atomic mass is 35.5. The molecule has 0 aromatic rings. The zero-order chi connectivity index (χ0) is 12.1. The Morgan fingerprint density at radius 3 is 2.12 bits per heavy atom. The Morgan fingerprint density at radius 1 is 1.00 bits per heavy atom. The number of carbonyl (C=O) groups is 1. The quantitative estimate of drug-likeness (QED) is 0.310. The molecule has 2 nitrogen and oxygen atoms in total. The summed E-state index contributed by atoms with van der Waals surface area (Å²) in [4.78, 5) is 10.9. The zero-order valence-corrected chi connectivity index (χ0v) is 11.2. The Kier molecular flexibility index (Phi) is 12.6. The Morgan fingerprint density at radius 2 is 1.56 bits per heavy atom. The molecule has 16 heavy (non-hydrogen) atoms. The van der Waals surface area contributed by atoms with Crippen LogP contribution in [0, 0.1) is 0 Å². The molecule has 0 N–H and O–H groups in total. The van der Waals surface area contributed by atoms with Crippen LogP contribution in [0.2, 0.25) is 0 Å². The number of unbranched alkanes of at least 4 members (excludes halogenated alkanes) is 7. The lowest BCUT2D eigenvalue weighted by Gasteiger charge is -2.03. The molecule has 0 rings (SSSR count). The maximum Gasteiger partial charge on any atom is 0.306 e. The third-order valence-corrected chi connectivity index (χ3v) is 2.75. The maximum atomic E-state index is 10.9. The Balaban J connectivity index is 3.01. The minimum Gasteiger partial charge on any atom is -0.466 e. The topological polar surface area (TPSA) is 26.3 Å². The first-order valence-electron chi connectivity index (χ1n) is 6.52. The number of hydrogen-bond donors (Lipinski definition) is 0. The molecular formula is C13H25ClO2. The first-order valence-corrected chi connectivity index (χ1v) is 7.06. The van der Waals surface area contributed by atoms with Crippen LogP contribution in [-0.2, 0) is 9.53 Å². The summed E-state index contributed by atoms with van der Waals surface area (Å²) in [5.74, 6) is 0.189. The van der Waals surface area contributed by atoms with Crippen molar-refractivity contribution in [2.45, 2.75) is 64.7 Å². The number of ether oxygens (including phenoxy) is 1. The normalized spacial score (nSPS) is 10.4. The summed E-state index contributed by atoms with van der Waals surface area (Å²) in [6.07, 6.45) is 10.4. The number of rotatable bonds is 11. The van der Waals surface area contributed by atoms with Crippen molar-refractivity contribution in [3.05, 3.63) is 0 Å². The highest BCUT2D eigenvalue weighted by molar-refractivity contribution is 6.18. The molecule has 0 saturated heterocycles. The Labute approximate surface area is 105 Å². The van der Waals surface area contributed by atoms with Crippen LogP contribution in [0.3, 0.4) is 0 Å². The predicted molar refractivity (Wildman–Crippen MR) is 68.9 cm³/mol. The van der Waals surface area contributed by atoms with Gasteiger partial charge in [-0.1, -0.05) is 51.9 Å². The van der Waals surface area contributed by atoms with Crippen LogP contribution < -0.4 is 0 Å². The van der Waals surface area contributed by atoms with Gasteiger partial charge in [0.05, 0.1) is 13.0 Å². The average molecular weight is 249 g/mol. The molecule has 0 bridgehead atoms. The third-order valence-electron chi connectivity index (χ3n) is 2.56. The number of hydrogen-bond acceptors (Lipinski definition) is 2. The van der Waals surface area contributed by atoms with Crippen LogP contribution in [0.5, 0.6) is 0 Å². The molecule has 0 aromatic heterocycles. The van der Waals surface area contributed by atoms with E-state index < -0.39 is 0 Å². The molecule has 0 aliphatic heterocycles. The summed E-state index contributed by atoms with van der Waals surface area (Å²) in [6.45, 7) is 2.79. The van der Waals surface area contributed by atoms with E-state index >= 15 is 0 Å². The monoisotopic (exact) mass is 248 g/mol. The Hall–Kier alpha value is -0.240. The van der Waals surface area contributed by atoms with Gasteiger partial charge < -0.3 is 4.74 Å². The van der Waals surface area contributed by atoms with Crippen molar-refractivity contribution in [2.75, 3.05) is 12.5 Å². The highest BCUT2D eigenvalue weighted by Crippen LogP contribution is 2.08. The minimum absolute atomic E-state index is 0.169. The van der Waals surface area contributed by atoms with Gasteiger partial charge in [0.1, 0.15) is 0 Å². The van der Waals surface area contributed by atoms with Crippen molar-refractivity contribution in [3.8, 4) is 0 Å². The molecule has 0 aromatic carbocycles. The lowest BCUT2D eigenvalue weighted by molar-refractivity contribution is -0.143. The average Bonchev–Trinajstić information content (AvgIpc) is 2.27. The summed E-state index contributed by atoms with van der Waals surface area (Å²) in [7, 11) is 0. The lowest BCUT2D eigenvalue weighted by Crippen LogP contribution is -2.06. The Bertz CT molecular complexity index is 160. The van der Waals surface area contributed by atoms with Gasteiger partial charge in [0.25, 0.3) is 0 Å². The van der Waals surface area contributed by atoms with Crippen molar-refractivity contribution < 1.29 is 9.53 Å². The first-order chi connectivity index (χ1) is 7.81. The van der Waals surface area contributed by atoms with E-state index in [4.69, 9.17) is 16.3 Å². The molecule has 0 heterocycles. The van der Waals surface area contributed by atoms with Crippen molar-refractivity contribution in [1.29, 1.82) is 0 Å². The molecule has 3 heteroatoms. The predicted octanol–water partition coefficient (Wildman–Crippen LogP) is 4.30. The van der Waals surface area contributed by atoms with Gasteiger partial charge in [-0.2, -0.15) is 0 Å². The van der Waals surface area contributed by atoms with Crippen LogP contribution in [-0.4, -0.2) is 18.5 Å². The van der Waals surface area contributed by atoms with Crippen LogP contribution in [0.25, 0.3) is 0 Å². The summed E-state index contributed by atoms with van der Waals surface area (Å²) >= 11 is 5.42. The fraction of sp³-hybridized carbons (Fsp3) is 0.923. The van der Waals surface area contributed by atoms with E-state index in [1.807, 2.05) is 0 Å². The second-order valence-corrected chi connectivity index (χ2v) is 4.51.